The molecule has 16 heavy (non-hydrogen) atoms. The predicted molar refractivity (Wildman–Crippen MR) is 67.0 cm³/mol. The lowest BCUT2D eigenvalue weighted by Crippen LogP contribution is -2.09. The van der Waals surface area contributed by atoms with Gasteiger partial charge in [-0.3, -0.25) is 4.79 Å². The third kappa shape index (κ3) is 1.62. The van der Waals surface area contributed by atoms with E-state index in [4.69, 9.17) is 15.4 Å². The van der Waals surface area contributed by atoms with Gasteiger partial charge in [-0.25, -0.2) is 0 Å². The first-order valence-corrected chi connectivity index (χ1v) is 5.74. The van der Waals surface area contributed by atoms with E-state index in [9.17, 15) is 4.79 Å². The van der Waals surface area contributed by atoms with Crippen molar-refractivity contribution in [1.29, 1.82) is 5.26 Å². The van der Waals surface area contributed by atoms with Gasteiger partial charge in [0, 0.05) is 4.47 Å². The van der Waals surface area contributed by atoms with Crippen molar-refractivity contribution in [2.45, 2.75) is 0 Å². The molecule has 0 spiro atoms. The Morgan fingerprint density at radius 2 is 2.06 bits per heavy atom. The van der Waals surface area contributed by atoms with Gasteiger partial charge in [0.1, 0.15) is 6.07 Å². The zero-order valence-electron chi connectivity index (χ0n) is 7.75. The van der Waals surface area contributed by atoms with Crippen LogP contribution in [-0.4, -0.2) is 0 Å². The lowest BCUT2D eigenvalue weighted by molar-refractivity contribution is 0.621. The number of nitrogens with zero attached hydrogens (tertiary/aromatic N) is 1. The number of rotatable bonds is 0. The molecular weight excluding hydrogens is 340 g/mol. The van der Waals surface area contributed by atoms with E-state index < -0.39 is 5.43 Å². The van der Waals surface area contributed by atoms with Crippen LogP contribution in [-0.2, 0) is 0 Å². The van der Waals surface area contributed by atoms with E-state index >= 15 is 0 Å². The van der Waals surface area contributed by atoms with Gasteiger partial charge < -0.3 is 10.2 Å². The molecule has 0 aliphatic heterocycles. The molecule has 1 heterocycles. The van der Waals surface area contributed by atoms with Gasteiger partial charge in [0.2, 0.25) is 11.3 Å². The largest absolute Gasteiger partial charge is 0.438 e. The van der Waals surface area contributed by atoms with Crippen molar-refractivity contribution in [2.75, 3.05) is 5.73 Å². The summed E-state index contributed by atoms with van der Waals surface area (Å²) >= 11 is 6.52. The quantitative estimate of drug-likeness (QED) is 0.797. The smallest absolute Gasteiger partial charge is 0.212 e. The molecule has 2 N–H and O–H groups in total. The normalized spacial score (nSPS) is 10.3. The van der Waals surface area contributed by atoms with Crippen LogP contribution in [0.2, 0.25) is 0 Å². The minimum atomic E-state index is -0.428. The summed E-state index contributed by atoms with van der Waals surface area (Å²) in [4.78, 5) is 11.9. The van der Waals surface area contributed by atoms with Crippen molar-refractivity contribution < 1.29 is 4.42 Å². The highest BCUT2D eigenvalue weighted by molar-refractivity contribution is 9.11. The minimum Gasteiger partial charge on any atom is -0.438 e. The Balaban J connectivity index is 3.07. The molecule has 0 fully saturated rings. The molecule has 1 aromatic carbocycles. The van der Waals surface area contributed by atoms with Gasteiger partial charge in [0.05, 0.1) is 9.86 Å². The fourth-order valence-corrected chi connectivity index (χ4v) is 2.65. The monoisotopic (exact) mass is 342 g/mol. The summed E-state index contributed by atoms with van der Waals surface area (Å²) in [6.45, 7) is 0. The molecule has 0 radical (unpaired) electrons. The average molecular weight is 344 g/mol. The molecule has 0 atom stereocenters. The van der Waals surface area contributed by atoms with Crippen molar-refractivity contribution in [3.05, 3.63) is 36.9 Å². The van der Waals surface area contributed by atoms with Crippen molar-refractivity contribution in [1.82, 2.24) is 0 Å². The highest BCUT2D eigenvalue weighted by atomic mass is 79.9. The van der Waals surface area contributed by atoms with Gasteiger partial charge in [-0.1, -0.05) is 15.9 Å². The highest BCUT2D eigenvalue weighted by Gasteiger charge is 2.14. The molecule has 0 aliphatic carbocycles. The molecule has 80 valence electrons. The van der Waals surface area contributed by atoms with Gasteiger partial charge in [-0.2, -0.15) is 5.26 Å². The minimum absolute atomic E-state index is 0.164. The molecule has 0 aliphatic rings. The van der Waals surface area contributed by atoms with Gasteiger partial charge >= 0.3 is 0 Å². The third-order valence-corrected chi connectivity index (χ3v) is 3.10. The van der Waals surface area contributed by atoms with Gasteiger partial charge in [0.15, 0.2) is 11.1 Å². The second-order valence-corrected chi connectivity index (χ2v) is 4.82. The topological polar surface area (TPSA) is 80.0 Å². The molecule has 0 saturated heterocycles. The van der Waals surface area contributed by atoms with Crippen molar-refractivity contribution in [3.8, 4) is 6.07 Å². The number of fused-ring (bicyclic) bond motifs is 1. The second kappa shape index (κ2) is 3.92. The second-order valence-electron chi connectivity index (χ2n) is 3.05. The maximum absolute atomic E-state index is 11.9. The van der Waals surface area contributed by atoms with Crippen LogP contribution < -0.4 is 11.2 Å². The van der Waals surface area contributed by atoms with E-state index in [1.54, 1.807) is 18.2 Å². The summed E-state index contributed by atoms with van der Waals surface area (Å²) in [6, 6.07) is 5.06. The number of hydrogen-bond donors (Lipinski definition) is 1. The van der Waals surface area contributed by atoms with Crippen molar-refractivity contribution >= 4 is 48.7 Å². The number of hydrogen-bond acceptors (Lipinski definition) is 4. The number of nitrogen functional groups attached to an aromatic ring is 1. The zero-order chi connectivity index (χ0) is 11.9. The molecule has 4 nitrogen and oxygen atoms in total. The van der Waals surface area contributed by atoms with Crippen molar-refractivity contribution in [2.24, 2.45) is 0 Å². The molecule has 0 bridgehead atoms. The molecule has 2 rings (SSSR count). The Bertz CT molecular complexity index is 686. The van der Waals surface area contributed by atoms with E-state index in [1.165, 1.54) is 0 Å². The molecular formula is C10H4Br2N2O2. The number of anilines is 1. The first kappa shape index (κ1) is 11.2. The first-order chi connectivity index (χ1) is 7.54. The van der Waals surface area contributed by atoms with Crippen molar-refractivity contribution in [3.63, 3.8) is 0 Å². The lowest BCUT2D eigenvalue weighted by atomic mass is 10.2. The van der Waals surface area contributed by atoms with E-state index in [2.05, 4.69) is 31.9 Å². The van der Waals surface area contributed by atoms with E-state index in [0.29, 0.717) is 19.9 Å². The van der Waals surface area contributed by atoms with Crippen LogP contribution >= 0.6 is 31.9 Å². The molecule has 2 aromatic rings. The molecule has 0 saturated carbocycles. The van der Waals surface area contributed by atoms with E-state index in [-0.39, 0.29) is 11.4 Å². The van der Waals surface area contributed by atoms with Gasteiger partial charge in [0.25, 0.3) is 0 Å². The summed E-state index contributed by atoms with van der Waals surface area (Å²) in [5.41, 5.74) is 5.22. The zero-order valence-corrected chi connectivity index (χ0v) is 10.9. The van der Waals surface area contributed by atoms with Gasteiger partial charge in [-0.15, -0.1) is 0 Å². The molecule has 0 unspecified atom stereocenters. The lowest BCUT2D eigenvalue weighted by Gasteiger charge is -2.03. The summed E-state index contributed by atoms with van der Waals surface area (Å²) in [7, 11) is 0. The van der Waals surface area contributed by atoms with Crippen LogP contribution in [0, 0.1) is 11.3 Å². The van der Waals surface area contributed by atoms with Crippen LogP contribution in [0.4, 0.5) is 5.88 Å². The highest BCUT2D eigenvalue weighted by Crippen LogP contribution is 2.28. The van der Waals surface area contributed by atoms with Crippen LogP contribution in [0.25, 0.3) is 11.0 Å². The Kier molecular flexibility index (Phi) is 2.74. The summed E-state index contributed by atoms with van der Waals surface area (Å²) < 4.78 is 6.56. The fourth-order valence-electron chi connectivity index (χ4n) is 1.35. The van der Waals surface area contributed by atoms with Crippen LogP contribution in [0.5, 0.6) is 0 Å². The summed E-state index contributed by atoms with van der Waals surface area (Å²) in [6.07, 6.45) is 0. The van der Waals surface area contributed by atoms with Crippen LogP contribution in [0.3, 0.4) is 0 Å². The Morgan fingerprint density at radius 1 is 1.38 bits per heavy atom. The standard InChI is InChI=1S/C10H4Br2N2O2/c11-4-1-5-8(15)6(3-13)10(14)16-9(5)7(12)2-4/h1-2H,14H2. The third-order valence-electron chi connectivity index (χ3n) is 2.05. The molecule has 6 heteroatoms. The molecule has 1 aromatic heterocycles. The predicted octanol–water partition coefficient (Wildman–Crippen LogP) is 2.77. The number of benzene rings is 1. The summed E-state index contributed by atoms with van der Waals surface area (Å²) in [5.74, 6) is -0.164. The average Bonchev–Trinajstić information content (AvgIpc) is 2.21. The fraction of sp³-hybridized carbons (Fsp3) is 0. The van der Waals surface area contributed by atoms with Crippen LogP contribution in [0.1, 0.15) is 5.56 Å². The number of halogens is 2. The van der Waals surface area contributed by atoms with E-state index in [1.807, 2.05) is 0 Å². The van der Waals surface area contributed by atoms with Crippen LogP contribution in [0.15, 0.2) is 30.3 Å². The number of nitriles is 1. The first-order valence-electron chi connectivity index (χ1n) is 4.16. The maximum atomic E-state index is 11.9. The Morgan fingerprint density at radius 3 is 2.69 bits per heavy atom. The molecule has 0 amide bonds. The van der Waals surface area contributed by atoms with Gasteiger partial charge in [-0.05, 0) is 28.1 Å². The summed E-state index contributed by atoms with van der Waals surface area (Å²) in [5, 5.41) is 9.10. The Hall–Kier alpha value is -1.32. The Labute approximate surface area is 107 Å². The SMILES string of the molecule is N#Cc1c(N)oc2c(Br)cc(Br)cc2c1=O. The number of nitrogens with two attached hydrogens (primary N) is 1. The maximum Gasteiger partial charge on any atom is 0.212 e. The van der Waals surface area contributed by atoms with E-state index in [0.717, 1.165) is 0 Å².